The van der Waals surface area contributed by atoms with Crippen LogP contribution in [0.2, 0.25) is 0 Å². The number of carbonyl (C=O) groups excluding carboxylic acids is 2. The molecule has 0 unspecified atom stereocenters. The zero-order chi connectivity index (χ0) is 22.9. The molecule has 3 rings (SSSR count). The van der Waals surface area contributed by atoms with Gasteiger partial charge in [-0.3, -0.25) is 14.9 Å². The van der Waals surface area contributed by atoms with E-state index in [2.05, 4.69) is 10.6 Å². The Hall–Kier alpha value is -3.71. The fourth-order valence-corrected chi connectivity index (χ4v) is 3.36. The van der Waals surface area contributed by atoms with Crippen molar-refractivity contribution in [3.8, 4) is 5.75 Å². The van der Waals surface area contributed by atoms with E-state index < -0.39 is 0 Å². The van der Waals surface area contributed by atoms with Gasteiger partial charge in [0.25, 0.3) is 11.8 Å². The van der Waals surface area contributed by atoms with Gasteiger partial charge in [-0.05, 0) is 55.0 Å². The molecule has 0 saturated carbocycles. The zero-order valence-electron chi connectivity index (χ0n) is 18.0. The van der Waals surface area contributed by atoms with Gasteiger partial charge in [0.1, 0.15) is 5.75 Å². The van der Waals surface area contributed by atoms with Crippen molar-refractivity contribution in [1.29, 1.82) is 0 Å². The molecule has 3 aromatic rings. The van der Waals surface area contributed by atoms with E-state index in [1.54, 1.807) is 60.5 Å². The summed E-state index contributed by atoms with van der Waals surface area (Å²) >= 11 is 5.29. The van der Waals surface area contributed by atoms with E-state index in [-0.39, 0.29) is 16.9 Å². The summed E-state index contributed by atoms with van der Waals surface area (Å²) in [5, 5.41) is 5.75. The van der Waals surface area contributed by atoms with Gasteiger partial charge in [0.2, 0.25) is 0 Å². The average molecular weight is 448 g/mol. The molecule has 0 heterocycles. The highest BCUT2D eigenvalue weighted by atomic mass is 32.1. The fraction of sp³-hybridized carbons (Fsp3) is 0.160. The molecule has 0 aliphatic heterocycles. The predicted molar refractivity (Wildman–Crippen MR) is 130 cm³/mol. The molecule has 164 valence electrons. The van der Waals surface area contributed by atoms with Gasteiger partial charge in [0.05, 0.1) is 12.2 Å². The Morgan fingerprint density at radius 1 is 0.969 bits per heavy atom. The maximum Gasteiger partial charge on any atom is 0.261 e. The Balaban J connectivity index is 1.63. The number of amides is 2. The van der Waals surface area contributed by atoms with Crippen molar-refractivity contribution in [3.63, 3.8) is 0 Å². The molecule has 0 saturated heterocycles. The Kier molecular flexibility index (Phi) is 7.94. The molecule has 6 nitrogen and oxygen atoms in total. The quantitative estimate of drug-likeness (QED) is 0.523. The molecule has 2 N–H and O–H groups in total. The first-order chi connectivity index (χ1) is 15.5. The van der Waals surface area contributed by atoms with Crippen LogP contribution >= 0.6 is 12.2 Å². The number of benzene rings is 3. The van der Waals surface area contributed by atoms with Gasteiger partial charge in [0, 0.05) is 24.8 Å². The number of carbonyl (C=O) groups is 2. The maximum absolute atomic E-state index is 12.8. The van der Waals surface area contributed by atoms with Crippen LogP contribution in [-0.4, -0.2) is 35.5 Å². The number of hydrogen-bond acceptors (Lipinski definition) is 4. The van der Waals surface area contributed by atoms with Crippen LogP contribution in [0.5, 0.6) is 5.75 Å². The molecule has 0 aromatic heterocycles. The molecule has 0 fully saturated rings. The Morgan fingerprint density at radius 3 is 2.44 bits per heavy atom. The minimum absolute atomic E-state index is 0.113. The minimum atomic E-state index is -0.374. The van der Waals surface area contributed by atoms with Crippen LogP contribution in [0.4, 0.5) is 5.69 Å². The summed E-state index contributed by atoms with van der Waals surface area (Å²) in [6.45, 7) is 2.81. The van der Waals surface area contributed by atoms with Gasteiger partial charge in [0.15, 0.2) is 5.11 Å². The second kappa shape index (κ2) is 11.1. The summed E-state index contributed by atoms with van der Waals surface area (Å²) in [4.78, 5) is 27.1. The summed E-state index contributed by atoms with van der Waals surface area (Å²) in [7, 11) is 1.76. The topological polar surface area (TPSA) is 70.7 Å². The molecule has 7 heteroatoms. The van der Waals surface area contributed by atoms with Crippen molar-refractivity contribution in [2.75, 3.05) is 19.0 Å². The second-order valence-corrected chi connectivity index (χ2v) is 7.47. The third kappa shape index (κ3) is 6.15. The highest BCUT2D eigenvalue weighted by Gasteiger charge is 2.15. The van der Waals surface area contributed by atoms with Gasteiger partial charge < -0.3 is 15.0 Å². The summed E-state index contributed by atoms with van der Waals surface area (Å²) in [6.07, 6.45) is 0. The molecule has 3 aromatic carbocycles. The number of hydrogen-bond donors (Lipinski definition) is 2. The Labute approximate surface area is 193 Å². The zero-order valence-corrected chi connectivity index (χ0v) is 18.8. The van der Waals surface area contributed by atoms with Crippen LogP contribution in [0.3, 0.4) is 0 Å². The van der Waals surface area contributed by atoms with E-state index in [0.717, 1.165) is 5.56 Å². The number of para-hydroxylation sites is 1. The van der Waals surface area contributed by atoms with E-state index in [1.165, 1.54) is 0 Å². The van der Waals surface area contributed by atoms with E-state index in [9.17, 15) is 9.59 Å². The van der Waals surface area contributed by atoms with Gasteiger partial charge in [-0.15, -0.1) is 0 Å². The van der Waals surface area contributed by atoms with Crippen molar-refractivity contribution >= 4 is 34.8 Å². The van der Waals surface area contributed by atoms with Gasteiger partial charge in [-0.25, -0.2) is 0 Å². The maximum atomic E-state index is 12.8. The molecule has 2 amide bonds. The van der Waals surface area contributed by atoms with Gasteiger partial charge >= 0.3 is 0 Å². The molecule has 0 spiro atoms. The van der Waals surface area contributed by atoms with E-state index in [1.807, 2.05) is 37.3 Å². The normalized spacial score (nSPS) is 10.2. The molecule has 0 radical (unpaired) electrons. The molecular weight excluding hydrogens is 422 g/mol. The lowest BCUT2D eigenvalue weighted by atomic mass is 10.1. The third-order valence-corrected chi connectivity index (χ3v) is 4.84. The molecule has 0 aliphatic rings. The first-order valence-corrected chi connectivity index (χ1v) is 10.6. The largest absolute Gasteiger partial charge is 0.493 e. The average Bonchev–Trinajstić information content (AvgIpc) is 2.80. The minimum Gasteiger partial charge on any atom is -0.493 e. The first kappa shape index (κ1) is 23.0. The number of thiocarbonyl (C=S) groups is 1. The third-order valence-electron chi connectivity index (χ3n) is 4.64. The van der Waals surface area contributed by atoms with Crippen LogP contribution in [-0.2, 0) is 6.54 Å². The lowest BCUT2D eigenvalue weighted by Crippen LogP contribution is -2.34. The molecule has 32 heavy (non-hydrogen) atoms. The fourth-order valence-electron chi connectivity index (χ4n) is 3.15. The molecule has 0 bridgehead atoms. The Morgan fingerprint density at radius 2 is 1.69 bits per heavy atom. The molecule has 0 atom stereocenters. The monoisotopic (exact) mass is 447 g/mol. The van der Waals surface area contributed by atoms with Crippen LogP contribution in [0.15, 0.2) is 78.9 Å². The van der Waals surface area contributed by atoms with E-state index in [0.29, 0.717) is 35.7 Å². The summed E-state index contributed by atoms with van der Waals surface area (Å²) in [5.41, 5.74) is 2.57. The van der Waals surface area contributed by atoms with Crippen LogP contribution in [0.1, 0.15) is 33.2 Å². The SMILES string of the molecule is CCOc1ccccc1C(=O)NC(=S)Nc1cccc(C(=O)N(C)Cc2ccccc2)c1. The van der Waals surface area contributed by atoms with Crippen molar-refractivity contribution in [2.24, 2.45) is 0 Å². The highest BCUT2D eigenvalue weighted by molar-refractivity contribution is 7.80. The van der Waals surface area contributed by atoms with Crippen LogP contribution in [0.25, 0.3) is 0 Å². The van der Waals surface area contributed by atoms with Crippen molar-refractivity contribution < 1.29 is 14.3 Å². The number of rotatable bonds is 7. The molecule has 0 aliphatic carbocycles. The number of ether oxygens (including phenoxy) is 1. The van der Waals surface area contributed by atoms with E-state index in [4.69, 9.17) is 17.0 Å². The van der Waals surface area contributed by atoms with Crippen molar-refractivity contribution in [3.05, 3.63) is 95.6 Å². The Bertz CT molecular complexity index is 1100. The summed E-state index contributed by atoms with van der Waals surface area (Å²) in [6, 6.07) is 23.7. The standard InChI is InChI=1S/C25H25N3O3S/c1-3-31-22-15-8-7-14-21(22)23(29)27-25(32)26-20-13-9-12-19(16-20)24(30)28(2)17-18-10-5-4-6-11-18/h4-16H,3,17H2,1-2H3,(H2,26,27,29,32). The second-order valence-electron chi connectivity index (χ2n) is 7.07. The summed E-state index contributed by atoms with van der Waals surface area (Å²) < 4.78 is 5.50. The van der Waals surface area contributed by atoms with Crippen molar-refractivity contribution in [2.45, 2.75) is 13.5 Å². The molecular formula is C25H25N3O3S. The van der Waals surface area contributed by atoms with Gasteiger partial charge in [-0.1, -0.05) is 48.5 Å². The summed E-state index contributed by atoms with van der Waals surface area (Å²) in [5.74, 6) is 0.00354. The van der Waals surface area contributed by atoms with Gasteiger partial charge in [-0.2, -0.15) is 0 Å². The number of nitrogens with zero attached hydrogens (tertiary/aromatic N) is 1. The predicted octanol–water partition coefficient (Wildman–Crippen LogP) is 4.48. The smallest absolute Gasteiger partial charge is 0.261 e. The highest BCUT2D eigenvalue weighted by Crippen LogP contribution is 2.18. The van der Waals surface area contributed by atoms with E-state index >= 15 is 0 Å². The lowest BCUT2D eigenvalue weighted by Gasteiger charge is -2.18. The van der Waals surface area contributed by atoms with Crippen LogP contribution in [0, 0.1) is 0 Å². The number of nitrogens with one attached hydrogen (secondary N) is 2. The van der Waals surface area contributed by atoms with Crippen molar-refractivity contribution in [1.82, 2.24) is 10.2 Å². The number of anilines is 1. The first-order valence-electron chi connectivity index (χ1n) is 10.2. The van der Waals surface area contributed by atoms with Crippen LogP contribution < -0.4 is 15.4 Å². The lowest BCUT2D eigenvalue weighted by molar-refractivity contribution is 0.0785.